The Hall–Kier alpha value is -5.42. The summed E-state index contributed by atoms with van der Waals surface area (Å²) in [6.07, 6.45) is 1.66. The van der Waals surface area contributed by atoms with E-state index in [1.54, 1.807) is 41.3 Å². The number of carbonyl (C=O) groups is 2. The maximum Gasteiger partial charge on any atom is 0.320 e. The van der Waals surface area contributed by atoms with E-state index in [9.17, 15) is 14.7 Å². The number of phenolic OH excluding ortho intramolecular Hbond substituents is 3. The van der Waals surface area contributed by atoms with Crippen molar-refractivity contribution in [2.75, 3.05) is 59.1 Å². The second-order valence-electron chi connectivity index (χ2n) is 13.4. The average molecular weight is 791 g/mol. The Balaban J connectivity index is 0.000000221. The van der Waals surface area contributed by atoms with Crippen molar-refractivity contribution < 1.29 is 44.6 Å². The third kappa shape index (κ3) is 19.3. The number of carboxylic acids is 1. The Morgan fingerprint density at radius 2 is 1.37 bits per heavy atom. The van der Waals surface area contributed by atoms with Gasteiger partial charge in [0.15, 0.2) is 0 Å². The van der Waals surface area contributed by atoms with Crippen LogP contribution in [0.25, 0.3) is 0 Å². The summed E-state index contributed by atoms with van der Waals surface area (Å²) in [5.41, 5.74) is 19.7. The zero-order chi connectivity index (χ0) is 41.4. The van der Waals surface area contributed by atoms with Crippen molar-refractivity contribution in [1.29, 1.82) is 0 Å². The molecule has 13 N–H and O–H groups in total. The highest BCUT2D eigenvalue weighted by atomic mass is 16.5. The van der Waals surface area contributed by atoms with Gasteiger partial charge in [0.1, 0.15) is 41.8 Å². The van der Waals surface area contributed by atoms with Crippen molar-refractivity contribution in [2.24, 2.45) is 17.2 Å². The molecule has 0 bridgehead atoms. The number of nitrogens with zero attached hydrogens (tertiary/aromatic N) is 1. The number of nitrogens with one attached hydrogen (secondary N) is 2. The van der Waals surface area contributed by atoms with Crippen LogP contribution in [-0.2, 0) is 22.4 Å². The van der Waals surface area contributed by atoms with Gasteiger partial charge in [-0.2, -0.15) is 0 Å². The van der Waals surface area contributed by atoms with E-state index < -0.39 is 18.1 Å². The maximum absolute atomic E-state index is 11.8. The Labute approximate surface area is 334 Å². The first-order valence-electron chi connectivity index (χ1n) is 18.9. The molecule has 0 spiro atoms. The molecule has 2 aliphatic rings. The summed E-state index contributed by atoms with van der Waals surface area (Å²) in [4.78, 5) is 23.9. The van der Waals surface area contributed by atoms with Crippen molar-refractivity contribution in [3.63, 3.8) is 0 Å². The minimum atomic E-state index is -1.02. The highest BCUT2D eigenvalue weighted by Gasteiger charge is 2.34. The van der Waals surface area contributed by atoms with E-state index in [2.05, 4.69) is 34.9 Å². The number of urea groups is 1. The highest BCUT2D eigenvalue weighted by molar-refractivity contribution is 5.74. The molecule has 310 valence electrons. The average Bonchev–Trinajstić information content (AvgIpc) is 3.97. The van der Waals surface area contributed by atoms with Gasteiger partial charge in [-0.25, -0.2) is 4.79 Å². The number of hydrogen-bond acceptors (Lipinski definition) is 12. The van der Waals surface area contributed by atoms with Gasteiger partial charge < -0.3 is 67.7 Å². The Morgan fingerprint density at radius 1 is 0.825 bits per heavy atom. The van der Waals surface area contributed by atoms with E-state index in [4.69, 9.17) is 47.1 Å². The molecule has 1 aliphatic heterocycles. The molecule has 2 amide bonds. The predicted molar refractivity (Wildman–Crippen MR) is 218 cm³/mol. The number of hydrogen-bond donors (Lipinski definition) is 10. The smallest absolute Gasteiger partial charge is 0.320 e. The van der Waals surface area contributed by atoms with Crippen molar-refractivity contribution in [1.82, 2.24) is 15.5 Å². The lowest BCUT2D eigenvalue weighted by Crippen LogP contribution is -2.47. The summed E-state index contributed by atoms with van der Waals surface area (Å²) in [7, 11) is 0. The third-order valence-electron chi connectivity index (χ3n) is 8.68. The number of aliphatic hydroxyl groups excluding tert-OH is 1. The molecule has 4 aromatic rings. The van der Waals surface area contributed by atoms with E-state index in [1.165, 1.54) is 41.8 Å². The number of morpholine rings is 1. The van der Waals surface area contributed by atoms with Crippen LogP contribution in [0.2, 0.25) is 0 Å². The standard InChI is InChI=1S/C16H25N3O5.C9H11NO3.C9H11N.C8H11NO/c20-13-1-3-15(4-2-13)24-12-14(21)11-17-5-6-18-16(22)19-7-9-23-10-8-19;10-8(9(12)13)5-6-1-3-7(11)4-2-6;10-9-6-8(9)7-4-2-1-3-5-7;9-6-5-7-1-3-8(10)4-2-7/h1-4,14,17,20-21H,5-12H2,(H,18,22);1-4,8,11H,5,10H2,(H,12,13);1-5,8-9H,6,10H2;1-4,10H,5-6,9H2/t;;8-,9+;/m..0./s1. The number of benzene rings is 4. The van der Waals surface area contributed by atoms with Crippen molar-refractivity contribution in [2.45, 2.75) is 43.4 Å². The second-order valence-corrected chi connectivity index (χ2v) is 13.4. The summed E-state index contributed by atoms with van der Waals surface area (Å²) >= 11 is 0. The molecule has 15 nitrogen and oxygen atoms in total. The molecule has 0 radical (unpaired) electrons. The number of aliphatic carboxylic acids is 1. The molecular formula is C42H58N6O9. The first kappa shape index (κ1) is 46.0. The van der Waals surface area contributed by atoms with Gasteiger partial charge in [-0.1, -0.05) is 54.6 Å². The maximum atomic E-state index is 11.8. The molecule has 2 fully saturated rings. The van der Waals surface area contributed by atoms with Gasteiger partial charge in [-0.15, -0.1) is 0 Å². The summed E-state index contributed by atoms with van der Waals surface area (Å²) in [5.74, 6) is 0.857. The number of rotatable bonds is 14. The Morgan fingerprint density at radius 3 is 1.89 bits per heavy atom. The molecule has 1 saturated carbocycles. The number of carboxylic acid groups (broad SMARTS) is 1. The molecule has 1 heterocycles. The van der Waals surface area contributed by atoms with Crippen LogP contribution in [0.15, 0.2) is 103 Å². The fourth-order valence-corrected chi connectivity index (χ4v) is 5.30. The van der Waals surface area contributed by atoms with Crippen LogP contribution in [0.3, 0.4) is 0 Å². The highest BCUT2D eigenvalue weighted by Crippen LogP contribution is 2.38. The van der Waals surface area contributed by atoms with Gasteiger partial charge in [0.2, 0.25) is 0 Å². The Bertz CT molecular complexity index is 1690. The molecule has 57 heavy (non-hydrogen) atoms. The zero-order valence-electron chi connectivity index (χ0n) is 32.2. The largest absolute Gasteiger partial charge is 0.508 e. The zero-order valence-corrected chi connectivity index (χ0v) is 32.2. The van der Waals surface area contributed by atoms with Gasteiger partial charge in [0, 0.05) is 44.7 Å². The first-order valence-corrected chi connectivity index (χ1v) is 18.9. The topological polar surface area (TPSA) is 259 Å². The van der Waals surface area contributed by atoms with Gasteiger partial charge in [0.05, 0.1) is 13.2 Å². The minimum Gasteiger partial charge on any atom is -0.508 e. The van der Waals surface area contributed by atoms with Crippen LogP contribution in [0.5, 0.6) is 23.0 Å². The SMILES string of the molecule is NC(Cc1ccc(O)cc1)C(=O)O.NCCc1ccc(O)cc1.N[C@@H]1C[C@H]1c1ccccc1.O=C(NCCNCC(O)COc1ccc(O)cc1)N1CCOCC1. The Kier molecular flexibility index (Phi) is 20.7. The third-order valence-corrected chi connectivity index (χ3v) is 8.68. The van der Waals surface area contributed by atoms with E-state index in [-0.39, 0.29) is 30.6 Å². The van der Waals surface area contributed by atoms with Crippen LogP contribution in [-0.4, -0.2) is 120 Å². The van der Waals surface area contributed by atoms with E-state index >= 15 is 0 Å². The molecule has 6 rings (SSSR count). The van der Waals surface area contributed by atoms with E-state index in [0.717, 1.165) is 12.0 Å². The lowest BCUT2D eigenvalue weighted by atomic mass is 10.1. The normalized spacial score (nSPS) is 16.5. The number of aliphatic hydroxyl groups is 1. The molecule has 2 unspecified atom stereocenters. The van der Waals surface area contributed by atoms with Crippen LogP contribution >= 0.6 is 0 Å². The summed E-state index contributed by atoms with van der Waals surface area (Å²) in [5, 5.41) is 51.3. The number of phenols is 3. The van der Waals surface area contributed by atoms with Gasteiger partial charge >= 0.3 is 12.0 Å². The minimum absolute atomic E-state index is 0.0867. The number of amides is 2. The van der Waals surface area contributed by atoms with Gasteiger partial charge in [0.25, 0.3) is 0 Å². The van der Waals surface area contributed by atoms with Crippen LogP contribution in [0, 0.1) is 0 Å². The molecule has 4 aromatic carbocycles. The fraction of sp³-hybridized carbons (Fsp3) is 0.381. The first-order chi connectivity index (χ1) is 27.4. The molecule has 1 aliphatic carbocycles. The molecule has 15 heteroatoms. The number of nitrogens with two attached hydrogens (primary N) is 3. The monoisotopic (exact) mass is 790 g/mol. The van der Waals surface area contributed by atoms with Crippen LogP contribution in [0.4, 0.5) is 4.79 Å². The summed E-state index contributed by atoms with van der Waals surface area (Å²) in [6.45, 7) is 4.62. The molecule has 4 atom stereocenters. The van der Waals surface area contributed by atoms with Gasteiger partial charge in [-0.3, -0.25) is 4.79 Å². The lowest BCUT2D eigenvalue weighted by molar-refractivity contribution is -0.138. The van der Waals surface area contributed by atoms with E-state index in [1.807, 2.05) is 18.2 Å². The second kappa shape index (κ2) is 25.7. The quantitative estimate of drug-likeness (QED) is 0.0825. The summed E-state index contributed by atoms with van der Waals surface area (Å²) < 4.78 is 10.6. The fourth-order valence-electron chi connectivity index (χ4n) is 5.30. The van der Waals surface area contributed by atoms with Gasteiger partial charge in [-0.05, 0) is 91.0 Å². The molecule has 0 aromatic heterocycles. The predicted octanol–water partition coefficient (Wildman–Crippen LogP) is 2.50. The van der Waals surface area contributed by atoms with Crippen LogP contribution in [0.1, 0.15) is 29.0 Å². The van der Waals surface area contributed by atoms with Crippen molar-refractivity contribution in [3.8, 4) is 23.0 Å². The van der Waals surface area contributed by atoms with E-state index in [0.29, 0.717) is 75.9 Å². The number of ether oxygens (including phenoxy) is 2. The summed E-state index contributed by atoms with van der Waals surface area (Å²) in [6, 6.07) is 29.7. The number of carbonyl (C=O) groups excluding carboxylic acids is 1. The molecule has 1 saturated heterocycles. The number of aromatic hydroxyl groups is 3. The van der Waals surface area contributed by atoms with Crippen molar-refractivity contribution in [3.05, 3.63) is 120 Å². The molecular weight excluding hydrogens is 732 g/mol. The van der Waals surface area contributed by atoms with Crippen LogP contribution < -0.4 is 32.6 Å². The van der Waals surface area contributed by atoms with Crippen molar-refractivity contribution >= 4 is 12.0 Å². The lowest BCUT2D eigenvalue weighted by Gasteiger charge is -2.27.